The largest absolute Gasteiger partial charge is 0.480 e. The molecule has 1 aromatic rings. The lowest BCUT2D eigenvalue weighted by molar-refractivity contribution is -0.139. The van der Waals surface area contributed by atoms with Crippen LogP contribution in [0.4, 0.5) is 4.79 Å². The molecule has 0 saturated carbocycles. The number of hydrogen-bond donors (Lipinski definition) is 2. The summed E-state index contributed by atoms with van der Waals surface area (Å²) in [7, 11) is 1.60. The van der Waals surface area contributed by atoms with E-state index in [-0.39, 0.29) is 0 Å². The first-order valence-electron chi connectivity index (χ1n) is 5.16. The summed E-state index contributed by atoms with van der Waals surface area (Å²) in [4.78, 5) is 27.9. The van der Waals surface area contributed by atoms with Crippen LogP contribution in [0.5, 0.6) is 0 Å². The summed E-state index contributed by atoms with van der Waals surface area (Å²) in [5.41, 5.74) is 2.48. The van der Waals surface area contributed by atoms with Crippen molar-refractivity contribution in [2.75, 3.05) is 7.05 Å². The van der Waals surface area contributed by atoms with Gasteiger partial charge in [0, 0.05) is 12.4 Å². The second kappa shape index (κ2) is 6.19. The maximum absolute atomic E-state index is 11.7. The third kappa shape index (κ3) is 4.03. The molecule has 1 aromatic heterocycles. The van der Waals surface area contributed by atoms with Gasteiger partial charge in [-0.05, 0) is 6.42 Å². The van der Waals surface area contributed by atoms with Gasteiger partial charge >= 0.3 is 12.0 Å². The van der Waals surface area contributed by atoms with Gasteiger partial charge in [0.05, 0.1) is 17.7 Å². The predicted molar refractivity (Wildman–Crippen MR) is 63.8 cm³/mol. The number of aliphatic carboxylic acids is 1. The van der Waals surface area contributed by atoms with E-state index in [1.807, 2.05) is 5.38 Å². The predicted octanol–water partition coefficient (Wildman–Crippen LogP) is 1.15. The van der Waals surface area contributed by atoms with E-state index in [0.29, 0.717) is 13.0 Å². The molecule has 6 nitrogen and oxygen atoms in total. The van der Waals surface area contributed by atoms with E-state index in [4.69, 9.17) is 5.11 Å². The molecule has 0 fully saturated rings. The molecular weight excluding hydrogens is 242 g/mol. The number of hydrogen-bond acceptors (Lipinski definition) is 4. The number of thiazole rings is 1. The minimum Gasteiger partial charge on any atom is -0.480 e. The Kier molecular flexibility index (Phi) is 4.89. The van der Waals surface area contributed by atoms with Gasteiger partial charge < -0.3 is 15.3 Å². The molecule has 0 aliphatic carbocycles. The molecule has 0 aliphatic heterocycles. The van der Waals surface area contributed by atoms with Crippen LogP contribution in [0, 0.1) is 0 Å². The van der Waals surface area contributed by atoms with Crippen molar-refractivity contribution in [2.45, 2.75) is 25.9 Å². The van der Waals surface area contributed by atoms with Gasteiger partial charge in [-0.3, -0.25) is 0 Å². The van der Waals surface area contributed by atoms with Crippen molar-refractivity contribution in [2.24, 2.45) is 0 Å². The highest BCUT2D eigenvalue weighted by Crippen LogP contribution is 2.04. The van der Waals surface area contributed by atoms with Crippen LogP contribution in [-0.4, -0.2) is 40.1 Å². The zero-order chi connectivity index (χ0) is 12.8. The summed E-state index contributed by atoms with van der Waals surface area (Å²) in [5.74, 6) is -1.03. The third-order valence-electron chi connectivity index (χ3n) is 2.23. The first-order valence-corrected chi connectivity index (χ1v) is 6.10. The molecule has 0 aromatic carbocycles. The van der Waals surface area contributed by atoms with Gasteiger partial charge in [0.25, 0.3) is 0 Å². The van der Waals surface area contributed by atoms with Crippen LogP contribution in [0.2, 0.25) is 0 Å². The summed E-state index contributed by atoms with van der Waals surface area (Å²) < 4.78 is 0. The van der Waals surface area contributed by atoms with E-state index in [1.54, 1.807) is 19.5 Å². The van der Waals surface area contributed by atoms with Gasteiger partial charge in [0.15, 0.2) is 0 Å². The van der Waals surface area contributed by atoms with Crippen molar-refractivity contribution in [3.63, 3.8) is 0 Å². The number of aromatic nitrogens is 1. The molecule has 7 heteroatoms. The minimum atomic E-state index is -1.03. The van der Waals surface area contributed by atoms with Gasteiger partial charge in [-0.1, -0.05) is 6.92 Å². The quantitative estimate of drug-likeness (QED) is 0.829. The van der Waals surface area contributed by atoms with Crippen LogP contribution >= 0.6 is 11.3 Å². The van der Waals surface area contributed by atoms with E-state index < -0.39 is 18.0 Å². The maximum atomic E-state index is 11.7. The average Bonchev–Trinajstić information content (AvgIpc) is 2.77. The molecule has 0 radical (unpaired) electrons. The van der Waals surface area contributed by atoms with Crippen LogP contribution in [0.25, 0.3) is 0 Å². The van der Waals surface area contributed by atoms with E-state index in [2.05, 4.69) is 10.3 Å². The van der Waals surface area contributed by atoms with Crippen molar-refractivity contribution >= 4 is 23.3 Å². The summed E-state index contributed by atoms with van der Waals surface area (Å²) in [6, 6.07) is -1.26. The Hall–Kier alpha value is -1.63. The molecule has 1 unspecified atom stereocenters. The first-order chi connectivity index (χ1) is 8.04. The van der Waals surface area contributed by atoms with Crippen LogP contribution in [0.15, 0.2) is 10.9 Å². The number of rotatable bonds is 5. The molecular formula is C10H15N3O3S. The Bertz CT molecular complexity index is 380. The van der Waals surface area contributed by atoms with E-state index in [0.717, 1.165) is 5.69 Å². The zero-order valence-electron chi connectivity index (χ0n) is 9.71. The maximum Gasteiger partial charge on any atom is 0.326 e. The molecule has 0 aliphatic rings. The van der Waals surface area contributed by atoms with E-state index in [1.165, 1.54) is 16.2 Å². The van der Waals surface area contributed by atoms with Crippen molar-refractivity contribution < 1.29 is 14.7 Å². The highest BCUT2D eigenvalue weighted by atomic mass is 32.1. The third-order valence-corrected chi connectivity index (χ3v) is 2.87. The Labute approximate surface area is 103 Å². The summed E-state index contributed by atoms with van der Waals surface area (Å²) in [6.45, 7) is 2.07. The van der Waals surface area contributed by atoms with Crippen molar-refractivity contribution in [1.29, 1.82) is 0 Å². The Morgan fingerprint density at radius 1 is 1.65 bits per heavy atom. The lowest BCUT2D eigenvalue weighted by atomic mass is 10.2. The zero-order valence-corrected chi connectivity index (χ0v) is 10.5. The summed E-state index contributed by atoms with van der Waals surface area (Å²) >= 11 is 1.45. The number of nitrogens with zero attached hydrogens (tertiary/aromatic N) is 2. The Morgan fingerprint density at radius 3 is 2.82 bits per heavy atom. The molecule has 0 bridgehead atoms. The number of carboxylic acids is 1. The van der Waals surface area contributed by atoms with Crippen LogP contribution in [-0.2, 0) is 11.3 Å². The number of amides is 2. The second-order valence-electron chi connectivity index (χ2n) is 3.58. The lowest BCUT2D eigenvalue weighted by Crippen LogP contribution is -2.46. The number of urea groups is 1. The summed E-state index contributed by atoms with van der Waals surface area (Å²) in [5, 5.41) is 13.1. The summed E-state index contributed by atoms with van der Waals surface area (Å²) in [6.07, 6.45) is 0.353. The number of nitrogens with one attached hydrogen (secondary N) is 1. The fraction of sp³-hybridized carbons (Fsp3) is 0.500. The van der Waals surface area contributed by atoms with Gasteiger partial charge in [-0.25, -0.2) is 14.6 Å². The van der Waals surface area contributed by atoms with E-state index >= 15 is 0 Å². The highest BCUT2D eigenvalue weighted by Gasteiger charge is 2.19. The van der Waals surface area contributed by atoms with Crippen LogP contribution in [0.1, 0.15) is 19.0 Å². The van der Waals surface area contributed by atoms with Gasteiger partial charge in [0.2, 0.25) is 0 Å². The van der Waals surface area contributed by atoms with Gasteiger partial charge in [-0.2, -0.15) is 0 Å². The molecule has 94 valence electrons. The number of carbonyl (C=O) groups excluding carboxylic acids is 1. The molecule has 17 heavy (non-hydrogen) atoms. The van der Waals surface area contributed by atoms with Gasteiger partial charge in [-0.15, -0.1) is 11.3 Å². The number of carbonyl (C=O) groups is 2. The molecule has 1 rings (SSSR count). The average molecular weight is 257 g/mol. The van der Waals surface area contributed by atoms with Gasteiger partial charge in [0.1, 0.15) is 6.04 Å². The van der Waals surface area contributed by atoms with Crippen molar-refractivity contribution in [3.05, 3.63) is 16.6 Å². The topological polar surface area (TPSA) is 82.5 Å². The molecule has 2 amide bonds. The van der Waals surface area contributed by atoms with Crippen molar-refractivity contribution in [3.8, 4) is 0 Å². The van der Waals surface area contributed by atoms with Crippen molar-refractivity contribution in [1.82, 2.24) is 15.2 Å². The standard InChI is InChI=1S/C10H15N3O3S/c1-3-8(9(14)15)12-10(16)13(2)4-7-5-17-6-11-7/h5-6,8H,3-4H2,1-2H3,(H,12,16)(H,14,15). The monoisotopic (exact) mass is 257 g/mol. The highest BCUT2D eigenvalue weighted by molar-refractivity contribution is 7.07. The second-order valence-corrected chi connectivity index (χ2v) is 4.30. The molecule has 1 atom stereocenters. The molecule has 0 spiro atoms. The Morgan fingerprint density at radius 2 is 2.35 bits per heavy atom. The lowest BCUT2D eigenvalue weighted by Gasteiger charge is -2.19. The molecule has 2 N–H and O–H groups in total. The van der Waals surface area contributed by atoms with E-state index in [9.17, 15) is 9.59 Å². The smallest absolute Gasteiger partial charge is 0.326 e. The minimum absolute atomic E-state index is 0.353. The SMILES string of the molecule is CCC(NC(=O)N(C)Cc1cscn1)C(=O)O. The normalized spacial score (nSPS) is 11.9. The molecule has 0 saturated heterocycles. The molecule has 1 heterocycles. The number of carboxylic acid groups (broad SMARTS) is 1. The van der Waals surface area contributed by atoms with Crippen LogP contribution in [0.3, 0.4) is 0 Å². The first kappa shape index (κ1) is 13.4. The fourth-order valence-electron chi connectivity index (χ4n) is 1.23. The van der Waals surface area contributed by atoms with Crippen LogP contribution < -0.4 is 5.32 Å². The Balaban J connectivity index is 2.49. The fourth-order valence-corrected chi connectivity index (χ4v) is 1.78.